The molecular formula is C21H21N3O2. The lowest BCUT2D eigenvalue weighted by Crippen LogP contribution is -2.38. The molecule has 1 aliphatic rings. The van der Waals surface area contributed by atoms with Gasteiger partial charge in [0.15, 0.2) is 0 Å². The molecule has 1 amide bonds. The Kier molecular flexibility index (Phi) is 3.99. The molecule has 5 heteroatoms. The quantitative estimate of drug-likeness (QED) is 0.746. The second-order valence-corrected chi connectivity index (χ2v) is 6.82. The number of para-hydroxylation sites is 1. The van der Waals surface area contributed by atoms with Gasteiger partial charge in [-0.15, -0.1) is 0 Å². The van der Waals surface area contributed by atoms with Crippen LogP contribution in [0.1, 0.15) is 33.6 Å². The first kappa shape index (κ1) is 16.4. The van der Waals surface area contributed by atoms with Crippen molar-refractivity contribution in [2.45, 2.75) is 20.3 Å². The fourth-order valence-electron chi connectivity index (χ4n) is 3.71. The number of amides is 1. The Bertz CT molecular complexity index is 1090. The van der Waals surface area contributed by atoms with Crippen LogP contribution in [-0.2, 0) is 0 Å². The number of H-pyrrole nitrogens is 2. The van der Waals surface area contributed by atoms with Gasteiger partial charge >= 0.3 is 0 Å². The summed E-state index contributed by atoms with van der Waals surface area (Å²) in [4.78, 5) is 32.8. The monoisotopic (exact) mass is 347 g/mol. The number of carbonyl (C=O) groups is 1. The van der Waals surface area contributed by atoms with Gasteiger partial charge < -0.3 is 14.9 Å². The standard InChI is InChI=1S/C21H21N3O2/c1-13-11-14(2)23-20(25)19(13)21(26)24-9-7-15(8-10-24)17-12-22-18-6-4-3-5-16(17)18/h3-7,11-12,22H,8-10H2,1-2H3,(H,23,25). The van der Waals surface area contributed by atoms with Crippen LogP contribution in [0.15, 0.2) is 47.4 Å². The number of carbonyl (C=O) groups excluding carboxylic acids is 1. The maximum atomic E-state index is 12.8. The first-order valence-corrected chi connectivity index (χ1v) is 8.80. The largest absolute Gasteiger partial charge is 0.361 e. The van der Waals surface area contributed by atoms with Crippen molar-refractivity contribution in [3.8, 4) is 0 Å². The van der Waals surface area contributed by atoms with E-state index in [1.54, 1.807) is 4.90 Å². The van der Waals surface area contributed by atoms with Crippen LogP contribution in [0.5, 0.6) is 0 Å². The molecule has 2 aromatic heterocycles. The summed E-state index contributed by atoms with van der Waals surface area (Å²) in [7, 11) is 0. The van der Waals surface area contributed by atoms with Gasteiger partial charge in [0.2, 0.25) is 0 Å². The Morgan fingerprint density at radius 1 is 1.19 bits per heavy atom. The molecule has 2 N–H and O–H groups in total. The average Bonchev–Trinajstić information content (AvgIpc) is 3.05. The second-order valence-electron chi connectivity index (χ2n) is 6.82. The van der Waals surface area contributed by atoms with Crippen molar-refractivity contribution in [1.82, 2.24) is 14.9 Å². The summed E-state index contributed by atoms with van der Waals surface area (Å²) in [5, 5.41) is 1.20. The summed E-state index contributed by atoms with van der Waals surface area (Å²) in [5.41, 5.74) is 4.98. The third-order valence-electron chi connectivity index (χ3n) is 5.01. The minimum Gasteiger partial charge on any atom is -0.361 e. The zero-order valence-electron chi connectivity index (χ0n) is 14.9. The second kappa shape index (κ2) is 6.33. The summed E-state index contributed by atoms with van der Waals surface area (Å²) in [6.45, 7) is 4.75. The van der Waals surface area contributed by atoms with Gasteiger partial charge in [-0.1, -0.05) is 24.3 Å². The molecule has 0 radical (unpaired) electrons. The van der Waals surface area contributed by atoms with Gasteiger partial charge in [-0.05, 0) is 43.5 Å². The smallest absolute Gasteiger partial charge is 0.261 e. The van der Waals surface area contributed by atoms with E-state index in [-0.39, 0.29) is 17.0 Å². The molecule has 0 fully saturated rings. The number of nitrogens with zero attached hydrogens (tertiary/aromatic N) is 1. The molecule has 3 aromatic rings. The Labute approximate surface area is 151 Å². The van der Waals surface area contributed by atoms with Crippen LogP contribution in [0.25, 0.3) is 16.5 Å². The highest BCUT2D eigenvalue weighted by molar-refractivity contribution is 5.97. The number of hydrogen-bond donors (Lipinski definition) is 2. The van der Waals surface area contributed by atoms with E-state index in [0.29, 0.717) is 13.1 Å². The highest BCUT2D eigenvalue weighted by Gasteiger charge is 2.23. The Morgan fingerprint density at radius 2 is 2.00 bits per heavy atom. The number of fused-ring (bicyclic) bond motifs is 1. The van der Waals surface area contributed by atoms with E-state index >= 15 is 0 Å². The van der Waals surface area contributed by atoms with E-state index in [1.165, 1.54) is 16.5 Å². The van der Waals surface area contributed by atoms with E-state index in [9.17, 15) is 9.59 Å². The summed E-state index contributed by atoms with van der Waals surface area (Å²) >= 11 is 0. The van der Waals surface area contributed by atoms with Crippen LogP contribution in [-0.4, -0.2) is 33.9 Å². The number of aromatic amines is 2. The van der Waals surface area contributed by atoms with Crippen LogP contribution >= 0.6 is 0 Å². The highest BCUT2D eigenvalue weighted by Crippen LogP contribution is 2.29. The van der Waals surface area contributed by atoms with E-state index in [1.807, 2.05) is 38.2 Å². The minimum absolute atomic E-state index is 0.196. The molecule has 0 saturated heterocycles. The Morgan fingerprint density at radius 3 is 2.73 bits per heavy atom. The van der Waals surface area contributed by atoms with E-state index in [2.05, 4.69) is 28.2 Å². The highest BCUT2D eigenvalue weighted by atomic mass is 16.2. The van der Waals surface area contributed by atoms with E-state index in [0.717, 1.165) is 23.2 Å². The van der Waals surface area contributed by atoms with Gasteiger partial charge in [-0.2, -0.15) is 0 Å². The third kappa shape index (κ3) is 2.75. The molecule has 0 atom stereocenters. The molecule has 0 aliphatic carbocycles. The molecule has 26 heavy (non-hydrogen) atoms. The number of hydrogen-bond acceptors (Lipinski definition) is 2. The summed E-state index contributed by atoms with van der Waals surface area (Å²) in [5.74, 6) is -0.196. The topological polar surface area (TPSA) is 69.0 Å². The third-order valence-corrected chi connectivity index (χ3v) is 5.01. The number of aryl methyl sites for hydroxylation is 2. The number of aromatic nitrogens is 2. The summed E-state index contributed by atoms with van der Waals surface area (Å²) < 4.78 is 0. The maximum Gasteiger partial charge on any atom is 0.261 e. The molecule has 1 aliphatic heterocycles. The van der Waals surface area contributed by atoms with Crippen molar-refractivity contribution in [2.24, 2.45) is 0 Å². The van der Waals surface area contributed by atoms with Crippen molar-refractivity contribution in [3.05, 3.63) is 75.3 Å². The minimum atomic E-state index is -0.307. The molecule has 5 nitrogen and oxygen atoms in total. The predicted octanol–water partition coefficient (Wildman–Crippen LogP) is 3.40. The average molecular weight is 347 g/mol. The molecule has 0 saturated carbocycles. The fourth-order valence-corrected chi connectivity index (χ4v) is 3.71. The van der Waals surface area contributed by atoms with Gasteiger partial charge in [0, 0.05) is 41.4 Å². The van der Waals surface area contributed by atoms with Gasteiger partial charge in [0.1, 0.15) is 5.56 Å². The Hall–Kier alpha value is -3.08. The first-order valence-electron chi connectivity index (χ1n) is 8.80. The fraction of sp³-hybridized carbons (Fsp3) is 0.238. The molecule has 132 valence electrons. The van der Waals surface area contributed by atoms with Gasteiger partial charge in [0.05, 0.1) is 0 Å². The van der Waals surface area contributed by atoms with Crippen LogP contribution in [0, 0.1) is 13.8 Å². The summed E-state index contributed by atoms with van der Waals surface area (Å²) in [6, 6.07) is 10.1. The molecule has 0 bridgehead atoms. The molecule has 0 unspecified atom stereocenters. The maximum absolute atomic E-state index is 12.8. The van der Waals surface area contributed by atoms with Crippen LogP contribution < -0.4 is 5.56 Å². The van der Waals surface area contributed by atoms with Crippen molar-refractivity contribution in [2.75, 3.05) is 13.1 Å². The lowest BCUT2D eigenvalue weighted by Gasteiger charge is -2.27. The lowest BCUT2D eigenvalue weighted by atomic mass is 9.98. The molecule has 1 aromatic carbocycles. The SMILES string of the molecule is Cc1cc(C)c(C(=O)N2CC=C(c3c[nH]c4ccccc34)CC2)c(=O)[nH]1. The Balaban J connectivity index is 1.60. The molecule has 0 spiro atoms. The van der Waals surface area contributed by atoms with Crippen LogP contribution in [0.3, 0.4) is 0 Å². The zero-order valence-corrected chi connectivity index (χ0v) is 14.9. The normalized spacial score (nSPS) is 14.5. The van der Waals surface area contributed by atoms with Gasteiger partial charge in [-0.25, -0.2) is 0 Å². The lowest BCUT2D eigenvalue weighted by molar-refractivity contribution is 0.0770. The van der Waals surface area contributed by atoms with Crippen molar-refractivity contribution < 1.29 is 4.79 Å². The number of nitrogens with one attached hydrogen (secondary N) is 2. The zero-order chi connectivity index (χ0) is 18.3. The summed E-state index contributed by atoms with van der Waals surface area (Å²) in [6.07, 6.45) is 4.90. The van der Waals surface area contributed by atoms with Gasteiger partial charge in [0.25, 0.3) is 11.5 Å². The van der Waals surface area contributed by atoms with E-state index in [4.69, 9.17) is 0 Å². The van der Waals surface area contributed by atoms with Crippen molar-refractivity contribution in [1.29, 1.82) is 0 Å². The van der Waals surface area contributed by atoms with E-state index < -0.39 is 0 Å². The number of rotatable bonds is 2. The number of pyridine rings is 1. The van der Waals surface area contributed by atoms with Crippen LogP contribution in [0.2, 0.25) is 0 Å². The predicted molar refractivity (Wildman–Crippen MR) is 103 cm³/mol. The first-order chi connectivity index (χ1) is 12.5. The van der Waals surface area contributed by atoms with Gasteiger partial charge in [-0.3, -0.25) is 9.59 Å². The molecular weight excluding hydrogens is 326 g/mol. The number of benzene rings is 1. The van der Waals surface area contributed by atoms with Crippen molar-refractivity contribution >= 4 is 22.4 Å². The molecule has 4 rings (SSSR count). The van der Waals surface area contributed by atoms with Crippen molar-refractivity contribution in [3.63, 3.8) is 0 Å². The molecule has 3 heterocycles. The van der Waals surface area contributed by atoms with Crippen LogP contribution in [0.4, 0.5) is 0 Å².